The minimum Gasteiger partial charge on any atom is -0.324 e. The zero-order valence-electron chi connectivity index (χ0n) is 6.75. The lowest BCUT2D eigenvalue weighted by molar-refractivity contribution is 0.818. The fourth-order valence-corrected chi connectivity index (χ4v) is 0.936. The van der Waals surface area contributed by atoms with Gasteiger partial charge in [-0.05, 0) is 18.1 Å². The predicted molar refractivity (Wildman–Crippen MR) is 49.1 cm³/mol. The summed E-state index contributed by atoms with van der Waals surface area (Å²) in [5.74, 6) is 0. The van der Waals surface area contributed by atoms with Crippen LogP contribution < -0.4 is 5.73 Å². The molecule has 0 spiro atoms. The van der Waals surface area contributed by atoms with Gasteiger partial charge in [-0.2, -0.15) is 0 Å². The topological polar surface area (TPSA) is 26.0 Å². The first-order valence-corrected chi connectivity index (χ1v) is 3.72. The molecule has 2 N–H and O–H groups in total. The quantitative estimate of drug-likeness (QED) is 0.682. The van der Waals surface area contributed by atoms with Gasteiger partial charge >= 0.3 is 0 Å². The Kier molecular flexibility index (Phi) is 2.44. The summed E-state index contributed by atoms with van der Waals surface area (Å²) in [4.78, 5) is 0. The number of hydrogen-bond donors (Lipinski definition) is 1. The van der Waals surface area contributed by atoms with E-state index in [4.69, 9.17) is 5.73 Å². The van der Waals surface area contributed by atoms with E-state index in [0.717, 1.165) is 11.1 Å². The van der Waals surface area contributed by atoms with Gasteiger partial charge in [0.05, 0.1) is 0 Å². The lowest BCUT2D eigenvalue weighted by Gasteiger charge is -2.04. The molecule has 0 bridgehead atoms. The summed E-state index contributed by atoms with van der Waals surface area (Å²) in [7, 11) is 0. The summed E-state index contributed by atoms with van der Waals surface area (Å²) in [6.45, 7) is 5.65. The lowest BCUT2D eigenvalue weighted by Crippen LogP contribution is -2.04. The van der Waals surface area contributed by atoms with Crippen molar-refractivity contribution >= 4 is 6.08 Å². The van der Waals surface area contributed by atoms with Crippen LogP contribution in [0.3, 0.4) is 0 Å². The average Bonchev–Trinajstić information content (AvgIpc) is 2.05. The number of rotatable bonds is 2. The molecule has 1 aromatic rings. The van der Waals surface area contributed by atoms with E-state index >= 15 is 0 Å². The molecule has 0 radical (unpaired) electrons. The summed E-state index contributed by atoms with van der Waals surface area (Å²) < 4.78 is 0. The molecule has 0 fully saturated rings. The van der Waals surface area contributed by atoms with Gasteiger partial charge in [-0.1, -0.05) is 36.9 Å². The van der Waals surface area contributed by atoms with Crippen molar-refractivity contribution in [3.63, 3.8) is 0 Å². The molecule has 0 unspecified atom stereocenters. The van der Waals surface area contributed by atoms with Gasteiger partial charge in [-0.3, -0.25) is 0 Å². The monoisotopic (exact) mass is 147 g/mol. The molecular weight excluding hydrogens is 134 g/mol. The molecule has 1 aromatic carbocycles. The van der Waals surface area contributed by atoms with E-state index in [-0.39, 0.29) is 6.04 Å². The molecule has 0 amide bonds. The maximum atomic E-state index is 5.68. The van der Waals surface area contributed by atoms with Crippen LogP contribution in [-0.2, 0) is 0 Å². The van der Waals surface area contributed by atoms with E-state index in [0.29, 0.717) is 0 Å². The Morgan fingerprint density at radius 1 is 1.36 bits per heavy atom. The third kappa shape index (κ3) is 1.92. The standard InChI is InChI=1S/C10H13N/c1-3-9-4-6-10(7-5-9)8(2)11/h3-8H,1,11H2,2H3/t8-/m1/s1. The Bertz CT molecular complexity index is 234. The highest BCUT2D eigenvalue weighted by Crippen LogP contribution is 2.10. The van der Waals surface area contributed by atoms with E-state index in [2.05, 4.69) is 6.58 Å². The Morgan fingerprint density at radius 2 is 1.91 bits per heavy atom. The first-order chi connectivity index (χ1) is 5.24. The van der Waals surface area contributed by atoms with Crippen molar-refractivity contribution in [3.05, 3.63) is 42.0 Å². The zero-order chi connectivity index (χ0) is 8.27. The third-order valence-electron chi connectivity index (χ3n) is 1.70. The molecule has 11 heavy (non-hydrogen) atoms. The van der Waals surface area contributed by atoms with Gasteiger partial charge in [0.1, 0.15) is 0 Å². The fourth-order valence-electron chi connectivity index (χ4n) is 0.936. The molecule has 0 saturated carbocycles. The SMILES string of the molecule is C=Cc1ccc([C@@H](C)N)cc1. The van der Waals surface area contributed by atoms with Gasteiger partial charge in [0.15, 0.2) is 0 Å². The van der Waals surface area contributed by atoms with Crippen LogP contribution >= 0.6 is 0 Å². The van der Waals surface area contributed by atoms with Gasteiger partial charge in [-0.15, -0.1) is 0 Å². The summed E-state index contributed by atoms with van der Waals surface area (Å²) in [5, 5.41) is 0. The highest BCUT2D eigenvalue weighted by molar-refractivity contribution is 5.47. The van der Waals surface area contributed by atoms with Crippen LogP contribution in [0, 0.1) is 0 Å². The highest BCUT2D eigenvalue weighted by Gasteiger charge is 1.96. The van der Waals surface area contributed by atoms with Gasteiger partial charge in [0, 0.05) is 6.04 Å². The Balaban J connectivity index is 2.91. The molecule has 1 rings (SSSR count). The van der Waals surface area contributed by atoms with Crippen LogP contribution in [0.2, 0.25) is 0 Å². The summed E-state index contributed by atoms with van der Waals surface area (Å²) >= 11 is 0. The molecule has 0 aliphatic heterocycles. The second-order valence-electron chi connectivity index (χ2n) is 2.66. The van der Waals surface area contributed by atoms with Crippen LogP contribution in [0.1, 0.15) is 24.1 Å². The van der Waals surface area contributed by atoms with Crippen LogP contribution in [0.15, 0.2) is 30.8 Å². The summed E-state index contributed by atoms with van der Waals surface area (Å²) in [6, 6.07) is 8.22. The van der Waals surface area contributed by atoms with Crippen LogP contribution in [0.25, 0.3) is 6.08 Å². The molecule has 0 aliphatic rings. The molecule has 0 aromatic heterocycles. The van der Waals surface area contributed by atoms with Crippen LogP contribution in [-0.4, -0.2) is 0 Å². The molecule has 0 heterocycles. The molecule has 1 heteroatoms. The predicted octanol–water partition coefficient (Wildman–Crippen LogP) is 2.35. The smallest absolute Gasteiger partial charge is 0.0266 e. The van der Waals surface area contributed by atoms with Gasteiger partial charge in [0.25, 0.3) is 0 Å². The van der Waals surface area contributed by atoms with Crippen molar-refractivity contribution < 1.29 is 0 Å². The maximum Gasteiger partial charge on any atom is 0.0266 e. The molecule has 1 atom stereocenters. The lowest BCUT2D eigenvalue weighted by atomic mass is 10.1. The summed E-state index contributed by atoms with van der Waals surface area (Å²) in [5.41, 5.74) is 7.98. The van der Waals surface area contributed by atoms with Crippen molar-refractivity contribution in [1.82, 2.24) is 0 Å². The van der Waals surface area contributed by atoms with E-state index in [1.54, 1.807) is 0 Å². The minimum absolute atomic E-state index is 0.119. The third-order valence-corrected chi connectivity index (χ3v) is 1.70. The molecule has 0 saturated heterocycles. The first-order valence-electron chi connectivity index (χ1n) is 3.72. The molecular formula is C10H13N. The number of hydrogen-bond acceptors (Lipinski definition) is 1. The van der Waals surface area contributed by atoms with E-state index in [9.17, 15) is 0 Å². The van der Waals surface area contributed by atoms with Crippen molar-refractivity contribution in [3.8, 4) is 0 Å². The Hall–Kier alpha value is -1.08. The first kappa shape index (κ1) is 8.02. The zero-order valence-corrected chi connectivity index (χ0v) is 6.75. The van der Waals surface area contributed by atoms with Crippen LogP contribution in [0.5, 0.6) is 0 Å². The Morgan fingerprint density at radius 3 is 2.27 bits per heavy atom. The highest BCUT2D eigenvalue weighted by atomic mass is 14.6. The molecule has 1 nitrogen and oxygen atoms in total. The number of nitrogens with two attached hydrogens (primary N) is 1. The van der Waals surface area contributed by atoms with Crippen molar-refractivity contribution in [2.75, 3.05) is 0 Å². The maximum absolute atomic E-state index is 5.68. The van der Waals surface area contributed by atoms with E-state index < -0.39 is 0 Å². The van der Waals surface area contributed by atoms with Crippen molar-refractivity contribution in [2.45, 2.75) is 13.0 Å². The molecule has 58 valence electrons. The molecule has 0 aliphatic carbocycles. The second-order valence-corrected chi connectivity index (χ2v) is 2.66. The van der Waals surface area contributed by atoms with E-state index in [1.807, 2.05) is 37.3 Å². The fraction of sp³-hybridized carbons (Fsp3) is 0.200. The largest absolute Gasteiger partial charge is 0.324 e. The second kappa shape index (κ2) is 3.35. The van der Waals surface area contributed by atoms with Gasteiger partial charge < -0.3 is 5.73 Å². The van der Waals surface area contributed by atoms with Crippen molar-refractivity contribution in [1.29, 1.82) is 0 Å². The average molecular weight is 147 g/mol. The minimum atomic E-state index is 0.119. The Labute approximate surface area is 67.5 Å². The number of benzene rings is 1. The van der Waals surface area contributed by atoms with Crippen LogP contribution in [0.4, 0.5) is 0 Å². The van der Waals surface area contributed by atoms with Gasteiger partial charge in [0.2, 0.25) is 0 Å². The van der Waals surface area contributed by atoms with Crippen molar-refractivity contribution in [2.24, 2.45) is 5.73 Å². The summed E-state index contributed by atoms with van der Waals surface area (Å²) in [6.07, 6.45) is 1.82. The normalized spacial score (nSPS) is 12.5. The van der Waals surface area contributed by atoms with Gasteiger partial charge in [-0.25, -0.2) is 0 Å². The van der Waals surface area contributed by atoms with E-state index in [1.165, 1.54) is 0 Å².